The van der Waals surface area contributed by atoms with Gasteiger partial charge in [0.1, 0.15) is 5.54 Å². The Hall–Kier alpha value is -1.26. The number of carbonyl (C=O) groups excluding carboxylic acids is 1. The number of hydrogen-bond acceptors (Lipinski definition) is 2. The van der Waals surface area contributed by atoms with E-state index in [0.717, 1.165) is 19.3 Å². The lowest BCUT2D eigenvalue weighted by molar-refractivity contribution is -0.144. The molecule has 5 nitrogen and oxygen atoms in total. The summed E-state index contributed by atoms with van der Waals surface area (Å²) >= 11 is 0. The molecule has 110 valence electrons. The summed E-state index contributed by atoms with van der Waals surface area (Å²) < 4.78 is 0. The summed E-state index contributed by atoms with van der Waals surface area (Å²) in [6.07, 6.45) is 4.24. The number of nitrogens with one attached hydrogen (secondary N) is 1. The summed E-state index contributed by atoms with van der Waals surface area (Å²) in [7, 11) is 0. The molecule has 0 aliphatic carbocycles. The van der Waals surface area contributed by atoms with E-state index in [1.54, 1.807) is 11.8 Å². The minimum absolute atomic E-state index is 0.170. The van der Waals surface area contributed by atoms with Crippen LogP contribution in [0.2, 0.25) is 0 Å². The van der Waals surface area contributed by atoms with Gasteiger partial charge >= 0.3 is 12.0 Å². The van der Waals surface area contributed by atoms with Gasteiger partial charge in [-0.25, -0.2) is 9.59 Å². The maximum Gasteiger partial charge on any atom is 0.329 e. The molecule has 3 unspecified atom stereocenters. The molecule has 0 spiro atoms. The summed E-state index contributed by atoms with van der Waals surface area (Å²) in [5, 5.41) is 12.0. The van der Waals surface area contributed by atoms with Crippen molar-refractivity contribution < 1.29 is 14.7 Å². The van der Waals surface area contributed by atoms with Crippen molar-refractivity contribution in [3.05, 3.63) is 0 Å². The van der Waals surface area contributed by atoms with Gasteiger partial charge in [-0.15, -0.1) is 0 Å². The second kappa shape index (κ2) is 6.26. The van der Waals surface area contributed by atoms with Crippen LogP contribution < -0.4 is 5.32 Å². The molecular weight excluding hydrogens is 244 g/mol. The largest absolute Gasteiger partial charge is 0.480 e. The fourth-order valence-electron chi connectivity index (χ4n) is 2.85. The number of aliphatic carboxylic acids is 1. The SMILES string of the molecule is CCCC(C)(NC(=O)N1C(C)CCCC1C)C(=O)O. The molecule has 1 saturated heterocycles. The molecule has 0 aromatic heterocycles. The van der Waals surface area contributed by atoms with Crippen LogP contribution in [0.3, 0.4) is 0 Å². The Balaban J connectivity index is 2.78. The van der Waals surface area contributed by atoms with Crippen LogP contribution >= 0.6 is 0 Å². The maximum absolute atomic E-state index is 12.4. The monoisotopic (exact) mass is 270 g/mol. The summed E-state index contributed by atoms with van der Waals surface area (Å²) in [6.45, 7) is 7.54. The van der Waals surface area contributed by atoms with Gasteiger partial charge < -0.3 is 15.3 Å². The van der Waals surface area contributed by atoms with Crippen LogP contribution in [0, 0.1) is 0 Å². The van der Waals surface area contributed by atoms with E-state index in [-0.39, 0.29) is 18.1 Å². The zero-order valence-corrected chi connectivity index (χ0v) is 12.4. The van der Waals surface area contributed by atoms with E-state index >= 15 is 0 Å². The fraction of sp³-hybridized carbons (Fsp3) is 0.857. The Morgan fingerprint density at radius 3 is 2.26 bits per heavy atom. The van der Waals surface area contributed by atoms with Gasteiger partial charge in [-0.05, 0) is 46.5 Å². The number of rotatable bonds is 4. The van der Waals surface area contributed by atoms with E-state index in [1.807, 2.05) is 20.8 Å². The molecule has 5 heteroatoms. The zero-order valence-electron chi connectivity index (χ0n) is 12.4. The van der Waals surface area contributed by atoms with Gasteiger partial charge in [-0.1, -0.05) is 13.3 Å². The second-order valence-electron chi connectivity index (χ2n) is 5.85. The molecule has 1 heterocycles. The van der Waals surface area contributed by atoms with Gasteiger partial charge in [0.25, 0.3) is 0 Å². The molecule has 0 aromatic carbocycles. The summed E-state index contributed by atoms with van der Waals surface area (Å²) in [6, 6.07) is 0.0879. The highest BCUT2D eigenvalue weighted by Gasteiger charge is 2.37. The van der Waals surface area contributed by atoms with Crippen molar-refractivity contribution in [3.8, 4) is 0 Å². The fourth-order valence-corrected chi connectivity index (χ4v) is 2.85. The summed E-state index contributed by atoms with van der Waals surface area (Å²) in [5.74, 6) is -0.972. The van der Waals surface area contributed by atoms with Crippen molar-refractivity contribution in [1.29, 1.82) is 0 Å². The Bertz CT molecular complexity index is 336. The van der Waals surface area contributed by atoms with Crippen molar-refractivity contribution in [2.24, 2.45) is 0 Å². The molecule has 1 fully saturated rings. The first-order valence-corrected chi connectivity index (χ1v) is 7.15. The van der Waals surface area contributed by atoms with E-state index in [1.165, 1.54) is 0 Å². The number of hydrogen-bond donors (Lipinski definition) is 2. The lowest BCUT2D eigenvalue weighted by Crippen LogP contribution is -2.60. The third-order valence-electron chi connectivity index (χ3n) is 4.03. The topological polar surface area (TPSA) is 69.6 Å². The molecule has 0 radical (unpaired) electrons. The van der Waals surface area contributed by atoms with Crippen LogP contribution in [0.1, 0.15) is 59.8 Å². The highest BCUT2D eigenvalue weighted by atomic mass is 16.4. The predicted octanol–water partition coefficient (Wildman–Crippen LogP) is 2.60. The van der Waals surface area contributed by atoms with Gasteiger partial charge in [-0.3, -0.25) is 0 Å². The highest BCUT2D eigenvalue weighted by molar-refractivity contribution is 5.86. The molecule has 19 heavy (non-hydrogen) atoms. The lowest BCUT2D eigenvalue weighted by Gasteiger charge is -2.40. The molecule has 2 amide bonds. The van der Waals surface area contributed by atoms with Gasteiger partial charge in [-0.2, -0.15) is 0 Å². The minimum atomic E-state index is -1.18. The molecule has 0 saturated carbocycles. The maximum atomic E-state index is 12.4. The van der Waals surface area contributed by atoms with Crippen molar-refractivity contribution in [1.82, 2.24) is 10.2 Å². The Morgan fingerprint density at radius 1 is 1.32 bits per heavy atom. The number of nitrogens with zero attached hydrogens (tertiary/aromatic N) is 1. The first-order valence-electron chi connectivity index (χ1n) is 7.15. The molecule has 2 N–H and O–H groups in total. The van der Waals surface area contributed by atoms with Gasteiger partial charge in [0.2, 0.25) is 0 Å². The predicted molar refractivity (Wildman–Crippen MR) is 74.1 cm³/mol. The quantitative estimate of drug-likeness (QED) is 0.825. The van der Waals surface area contributed by atoms with Gasteiger partial charge in [0.15, 0.2) is 0 Å². The van der Waals surface area contributed by atoms with Crippen molar-refractivity contribution >= 4 is 12.0 Å². The number of amides is 2. The minimum Gasteiger partial charge on any atom is -0.480 e. The number of carbonyl (C=O) groups is 2. The standard InChI is InChI=1S/C14H26N2O3/c1-5-9-14(4,12(17)18)15-13(19)16-10(2)7-6-8-11(16)3/h10-11H,5-9H2,1-4H3,(H,15,19)(H,17,18). The molecule has 0 bridgehead atoms. The van der Waals surface area contributed by atoms with Crippen LogP contribution in [0.5, 0.6) is 0 Å². The number of piperidine rings is 1. The Kier molecular flexibility index (Phi) is 5.20. The normalized spacial score (nSPS) is 26.6. The van der Waals surface area contributed by atoms with E-state index in [9.17, 15) is 14.7 Å². The van der Waals surface area contributed by atoms with E-state index in [0.29, 0.717) is 12.8 Å². The first kappa shape index (κ1) is 15.8. The lowest BCUT2D eigenvalue weighted by atomic mass is 9.95. The van der Waals surface area contributed by atoms with Gasteiger partial charge in [0.05, 0.1) is 0 Å². The second-order valence-corrected chi connectivity index (χ2v) is 5.85. The van der Waals surface area contributed by atoms with Crippen LogP contribution in [-0.4, -0.2) is 39.6 Å². The summed E-state index contributed by atoms with van der Waals surface area (Å²) in [4.78, 5) is 25.5. The number of carboxylic acids is 1. The van der Waals surface area contributed by atoms with Crippen molar-refractivity contribution in [3.63, 3.8) is 0 Å². The zero-order chi connectivity index (χ0) is 14.6. The van der Waals surface area contributed by atoms with E-state index < -0.39 is 11.5 Å². The van der Waals surface area contributed by atoms with Crippen molar-refractivity contribution in [2.75, 3.05) is 0 Å². The smallest absolute Gasteiger partial charge is 0.329 e. The average molecular weight is 270 g/mol. The van der Waals surface area contributed by atoms with E-state index in [2.05, 4.69) is 5.32 Å². The number of carboxylic acid groups (broad SMARTS) is 1. The number of urea groups is 1. The molecule has 1 aliphatic heterocycles. The van der Waals surface area contributed by atoms with E-state index in [4.69, 9.17) is 0 Å². The third-order valence-corrected chi connectivity index (χ3v) is 4.03. The Morgan fingerprint density at radius 2 is 1.84 bits per heavy atom. The average Bonchev–Trinajstić information content (AvgIpc) is 2.28. The molecule has 1 rings (SSSR count). The van der Waals surface area contributed by atoms with Gasteiger partial charge in [0, 0.05) is 12.1 Å². The van der Waals surface area contributed by atoms with Crippen LogP contribution in [0.25, 0.3) is 0 Å². The molecule has 3 atom stereocenters. The molecular formula is C14H26N2O3. The summed E-state index contributed by atoms with van der Waals surface area (Å²) in [5.41, 5.74) is -1.18. The first-order chi connectivity index (χ1) is 8.81. The number of likely N-dealkylation sites (tertiary alicyclic amines) is 1. The Labute approximate surface area is 115 Å². The highest BCUT2D eigenvalue weighted by Crippen LogP contribution is 2.23. The van der Waals surface area contributed by atoms with Crippen molar-refractivity contribution in [2.45, 2.75) is 77.4 Å². The van der Waals surface area contributed by atoms with Crippen LogP contribution in [0.4, 0.5) is 4.79 Å². The molecule has 1 aliphatic rings. The van der Waals surface area contributed by atoms with Crippen LogP contribution in [0.15, 0.2) is 0 Å². The molecule has 0 aromatic rings. The van der Waals surface area contributed by atoms with Crippen LogP contribution in [-0.2, 0) is 4.79 Å². The third kappa shape index (κ3) is 3.61.